The van der Waals surface area contributed by atoms with Crippen molar-refractivity contribution in [1.82, 2.24) is 14.6 Å². The number of fused-ring (bicyclic) bond motifs is 1. The van der Waals surface area contributed by atoms with Gasteiger partial charge in [0.25, 0.3) is 0 Å². The average molecular weight is 218 g/mol. The number of nitrogens with zero attached hydrogens (tertiary/aromatic N) is 4. The van der Waals surface area contributed by atoms with Crippen molar-refractivity contribution < 1.29 is 0 Å². The van der Waals surface area contributed by atoms with E-state index < -0.39 is 0 Å². The van der Waals surface area contributed by atoms with E-state index in [4.69, 9.17) is 0 Å². The Balaban J connectivity index is 2.79. The molecular weight excluding hydrogens is 200 g/mol. The van der Waals surface area contributed by atoms with Crippen molar-refractivity contribution in [3.63, 3.8) is 0 Å². The summed E-state index contributed by atoms with van der Waals surface area (Å²) in [6.07, 6.45) is 0. The topological polar surface area (TPSA) is 33.4 Å². The lowest BCUT2D eigenvalue weighted by Gasteiger charge is -2.17. The van der Waals surface area contributed by atoms with Crippen molar-refractivity contribution in [1.29, 1.82) is 0 Å². The van der Waals surface area contributed by atoms with Gasteiger partial charge in [-0.3, -0.25) is 4.40 Å². The van der Waals surface area contributed by atoms with E-state index in [1.807, 2.05) is 21.0 Å². The van der Waals surface area contributed by atoms with Crippen molar-refractivity contribution in [3.8, 4) is 0 Å². The number of hydrogen-bond acceptors (Lipinski definition) is 3. The highest BCUT2D eigenvalue weighted by atomic mass is 15.3. The molecular formula is C12H18N4. The quantitative estimate of drug-likeness (QED) is 0.775. The Morgan fingerprint density at radius 2 is 1.88 bits per heavy atom. The minimum atomic E-state index is 0.460. The third kappa shape index (κ3) is 1.54. The molecule has 2 rings (SSSR count). The number of aryl methyl sites for hydroxylation is 1. The predicted octanol–water partition coefficient (Wildman–Crippen LogP) is 2.23. The molecule has 0 amide bonds. The molecule has 0 spiro atoms. The Morgan fingerprint density at radius 1 is 1.19 bits per heavy atom. The maximum absolute atomic E-state index is 4.27. The third-order valence-corrected chi connectivity index (χ3v) is 2.80. The standard InChI is InChI=1S/C12H18N4/c1-8(2)10-6-7-11(15(4)5)16-9(3)13-14-12(10)16/h6-8H,1-5H3. The van der Waals surface area contributed by atoms with Crippen molar-refractivity contribution in [3.05, 3.63) is 23.5 Å². The Hall–Kier alpha value is -1.58. The van der Waals surface area contributed by atoms with Crippen LogP contribution in [-0.2, 0) is 0 Å². The van der Waals surface area contributed by atoms with E-state index in [1.54, 1.807) is 0 Å². The van der Waals surface area contributed by atoms with E-state index in [-0.39, 0.29) is 0 Å². The summed E-state index contributed by atoms with van der Waals surface area (Å²) in [5, 5.41) is 8.44. The average Bonchev–Trinajstić information content (AvgIpc) is 2.59. The van der Waals surface area contributed by atoms with E-state index in [9.17, 15) is 0 Å². The van der Waals surface area contributed by atoms with Crippen LogP contribution in [-0.4, -0.2) is 28.7 Å². The SMILES string of the molecule is Cc1nnc2c(C(C)C)ccc(N(C)C)n12. The van der Waals surface area contributed by atoms with Gasteiger partial charge in [-0.2, -0.15) is 0 Å². The molecule has 0 saturated carbocycles. The molecule has 0 aliphatic rings. The first-order valence-electron chi connectivity index (χ1n) is 5.54. The van der Waals surface area contributed by atoms with Gasteiger partial charge >= 0.3 is 0 Å². The molecule has 0 bridgehead atoms. The van der Waals surface area contributed by atoms with E-state index in [1.165, 1.54) is 5.56 Å². The fraction of sp³-hybridized carbons (Fsp3) is 0.500. The van der Waals surface area contributed by atoms with E-state index in [0.29, 0.717) is 5.92 Å². The van der Waals surface area contributed by atoms with Crippen LogP contribution >= 0.6 is 0 Å². The Labute approximate surface area is 95.9 Å². The molecule has 2 heterocycles. The Kier molecular flexibility index (Phi) is 2.58. The zero-order chi connectivity index (χ0) is 11.9. The second kappa shape index (κ2) is 3.77. The van der Waals surface area contributed by atoms with Crippen molar-refractivity contribution >= 4 is 11.5 Å². The summed E-state index contributed by atoms with van der Waals surface area (Å²) in [5.74, 6) is 2.51. The van der Waals surface area contributed by atoms with Crippen LogP contribution in [0.15, 0.2) is 12.1 Å². The lowest BCUT2D eigenvalue weighted by molar-refractivity contribution is 0.858. The Morgan fingerprint density at radius 3 is 2.44 bits per heavy atom. The molecule has 0 fully saturated rings. The van der Waals surface area contributed by atoms with Gasteiger partial charge in [0, 0.05) is 19.7 Å². The highest BCUT2D eigenvalue weighted by Crippen LogP contribution is 2.24. The summed E-state index contributed by atoms with van der Waals surface area (Å²) in [6.45, 7) is 6.33. The van der Waals surface area contributed by atoms with Crippen LogP contribution in [0.4, 0.5) is 5.82 Å². The fourth-order valence-corrected chi connectivity index (χ4v) is 1.94. The third-order valence-electron chi connectivity index (χ3n) is 2.80. The highest BCUT2D eigenvalue weighted by molar-refractivity contribution is 5.57. The molecule has 2 aromatic rings. The maximum atomic E-state index is 4.27. The van der Waals surface area contributed by atoms with E-state index >= 15 is 0 Å². The van der Waals surface area contributed by atoms with E-state index in [2.05, 4.69) is 45.5 Å². The molecule has 86 valence electrons. The smallest absolute Gasteiger partial charge is 0.165 e. The summed E-state index contributed by atoms with van der Waals surface area (Å²) in [5.41, 5.74) is 2.21. The van der Waals surface area contributed by atoms with Gasteiger partial charge in [-0.1, -0.05) is 19.9 Å². The Bertz CT molecular complexity index is 511. The van der Waals surface area contributed by atoms with Gasteiger partial charge in [-0.15, -0.1) is 10.2 Å². The number of pyridine rings is 1. The van der Waals surface area contributed by atoms with Gasteiger partial charge in [0.05, 0.1) is 0 Å². The van der Waals surface area contributed by atoms with Crippen LogP contribution in [0.3, 0.4) is 0 Å². The first-order valence-corrected chi connectivity index (χ1v) is 5.54. The molecule has 4 nitrogen and oxygen atoms in total. The normalized spacial score (nSPS) is 11.4. The second-order valence-corrected chi connectivity index (χ2v) is 4.60. The van der Waals surface area contributed by atoms with Crippen LogP contribution in [0.25, 0.3) is 5.65 Å². The zero-order valence-corrected chi connectivity index (χ0v) is 10.5. The molecule has 0 saturated heterocycles. The van der Waals surface area contributed by atoms with Crippen molar-refractivity contribution in [2.45, 2.75) is 26.7 Å². The van der Waals surface area contributed by atoms with Gasteiger partial charge in [0.2, 0.25) is 0 Å². The van der Waals surface area contributed by atoms with Crippen LogP contribution < -0.4 is 4.90 Å². The van der Waals surface area contributed by atoms with Gasteiger partial charge in [-0.05, 0) is 18.9 Å². The number of anilines is 1. The molecule has 16 heavy (non-hydrogen) atoms. The van der Waals surface area contributed by atoms with Gasteiger partial charge in [-0.25, -0.2) is 0 Å². The van der Waals surface area contributed by atoms with Crippen LogP contribution in [0.1, 0.15) is 31.2 Å². The summed E-state index contributed by atoms with van der Waals surface area (Å²) < 4.78 is 2.11. The van der Waals surface area contributed by atoms with Crippen LogP contribution in [0.2, 0.25) is 0 Å². The fourth-order valence-electron chi connectivity index (χ4n) is 1.94. The van der Waals surface area contributed by atoms with Crippen molar-refractivity contribution in [2.24, 2.45) is 0 Å². The minimum Gasteiger partial charge on any atom is -0.364 e. The van der Waals surface area contributed by atoms with Gasteiger partial charge < -0.3 is 4.90 Å². The number of aromatic nitrogens is 3. The molecule has 0 aromatic carbocycles. The lowest BCUT2D eigenvalue weighted by atomic mass is 10.1. The summed E-state index contributed by atoms with van der Waals surface area (Å²) in [7, 11) is 4.06. The molecule has 4 heteroatoms. The highest BCUT2D eigenvalue weighted by Gasteiger charge is 2.13. The van der Waals surface area contributed by atoms with Gasteiger partial charge in [0.1, 0.15) is 11.6 Å². The second-order valence-electron chi connectivity index (χ2n) is 4.60. The molecule has 0 N–H and O–H groups in total. The molecule has 0 atom stereocenters. The molecule has 0 aliphatic carbocycles. The summed E-state index contributed by atoms with van der Waals surface area (Å²) >= 11 is 0. The molecule has 0 aliphatic heterocycles. The summed E-state index contributed by atoms with van der Waals surface area (Å²) in [6, 6.07) is 4.27. The lowest BCUT2D eigenvalue weighted by Crippen LogP contribution is -2.14. The molecule has 0 radical (unpaired) electrons. The summed E-state index contributed by atoms with van der Waals surface area (Å²) in [4.78, 5) is 2.08. The van der Waals surface area contributed by atoms with E-state index in [0.717, 1.165) is 17.3 Å². The monoisotopic (exact) mass is 218 g/mol. The zero-order valence-electron chi connectivity index (χ0n) is 10.5. The maximum Gasteiger partial charge on any atom is 0.165 e. The first kappa shape index (κ1) is 10.9. The first-order chi connectivity index (χ1) is 7.52. The van der Waals surface area contributed by atoms with Crippen LogP contribution in [0, 0.1) is 6.92 Å². The number of rotatable bonds is 2. The largest absolute Gasteiger partial charge is 0.364 e. The van der Waals surface area contributed by atoms with Crippen molar-refractivity contribution in [2.75, 3.05) is 19.0 Å². The molecule has 0 unspecified atom stereocenters. The predicted molar refractivity (Wildman–Crippen MR) is 66.1 cm³/mol. The minimum absolute atomic E-state index is 0.460. The number of hydrogen-bond donors (Lipinski definition) is 0. The van der Waals surface area contributed by atoms with Gasteiger partial charge in [0.15, 0.2) is 5.65 Å². The van der Waals surface area contributed by atoms with Crippen LogP contribution in [0.5, 0.6) is 0 Å². The molecule has 2 aromatic heterocycles.